The lowest BCUT2D eigenvalue weighted by atomic mass is 9.92. The van der Waals surface area contributed by atoms with Crippen molar-refractivity contribution in [3.05, 3.63) is 72.3 Å². The number of carbonyl (C=O) groups is 1. The average Bonchev–Trinajstić information content (AvgIpc) is 3.31. The van der Waals surface area contributed by atoms with Gasteiger partial charge in [-0.1, -0.05) is 26.8 Å². The van der Waals surface area contributed by atoms with E-state index in [-0.39, 0.29) is 16.5 Å². The van der Waals surface area contributed by atoms with E-state index in [0.717, 1.165) is 11.1 Å². The highest BCUT2D eigenvalue weighted by Crippen LogP contribution is 2.28. The summed E-state index contributed by atoms with van der Waals surface area (Å²) in [5.41, 5.74) is 1.42. The van der Waals surface area contributed by atoms with Gasteiger partial charge in [-0.15, -0.1) is 0 Å². The number of sulfonamides is 1. The molecule has 0 atom stereocenters. The van der Waals surface area contributed by atoms with Gasteiger partial charge in [0.2, 0.25) is 5.03 Å². The van der Waals surface area contributed by atoms with Gasteiger partial charge in [-0.05, 0) is 42.5 Å². The highest BCUT2D eigenvalue weighted by molar-refractivity contribution is 7.90. The number of carbonyl (C=O) groups excluding carboxylic acids is 1. The Morgan fingerprint density at radius 3 is 2.48 bits per heavy atom. The van der Waals surface area contributed by atoms with Crippen LogP contribution in [0.3, 0.4) is 0 Å². The Kier molecular flexibility index (Phi) is 5.62. The van der Waals surface area contributed by atoms with Crippen LogP contribution in [0, 0.1) is 0 Å². The molecule has 4 rings (SSSR count). The third-order valence-electron chi connectivity index (χ3n) is 4.99. The number of hydrogen-bond acceptors (Lipinski definition) is 7. The van der Waals surface area contributed by atoms with E-state index in [4.69, 9.17) is 4.74 Å². The van der Waals surface area contributed by atoms with Crippen LogP contribution in [0.4, 0.5) is 0 Å². The second-order valence-corrected chi connectivity index (χ2v) is 9.98. The maximum absolute atomic E-state index is 13.0. The molecule has 0 saturated carbocycles. The number of rotatable bonds is 5. The first-order chi connectivity index (χ1) is 15.6. The van der Waals surface area contributed by atoms with Crippen LogP contribution in [0.5, 0.6) is 5.75 Å². The van der Waals surface area contributed by atoms with E-state index in [2.05, 4.69) is 19.8 Å². The summed E-state index contributed by atoms with van der Waals surface area (Å²) in [4.78, 5) is 21.5. The molecule has 0 radical (unpaired) electrons. The van der Waals surface area contributed by atoms with E-state index < -0.39 is 21.3 Å². The maximum Gasteiger partial charge on any atom is 0.285 e. The molecule has 1 amide bonds. The molecule has 3 heterocycles. The fourth-order valence-electron chi connectivity index (χ4n) is 3.29. The number of ether oxygens (including phenoxy) is 1. The van der Waals surface area contributed by atoms with Crippen molar-refractivity contribution in [3.63, 3.8) is 0 Å². The Bertz CT molecular complexity index is 1440. The van der Waals surface area contributed by atoms with Crippen LogP contribution in [0.1, 0.15) is 37.0 Å². The molecule has 3 aromatic heterocycles. The summed E-state index contributed by atoms with van der Waals surface area (Å²) in [7, 11) is -2.98. The summed E-state index contributed by atoms with van der Waals surface area (Å²) in [6.45, 7) is 5.73. The van der Waals surface area contributed by atoms with Crippen molar-refractivity contribution in [1.29, 1.82) is 0 Å². The summed E-state index contributed by atoms with van der Waals surface area (Å²) in [5.74, 6) is -0.829. The molecule has 33 heavy (non-hydrogen) atoms. The number of nitrogens with one attached hydrogen (secondary N) is 1. The molecule has 0 fully saturated rings. The van der Waals surface area contributed by atoms with Crippen molar-refractivity contribution in [2.24, 2.45) is 0 Å². The minimum absolute atomic E-state index is 0.0404. The molecule has 0 aliphatic heterocycles. The highest BCUT2D eigenvalue weighted by Gasteiger charge is 2.28. The van der Waals surface area contributed by atoms with Gasteiger partial charge in [-0.3, -0.25) is 4.79 Å². The lowest BCUT2D eigenvalue weighted by Crippen LogP contribution is -2.32. The van der Waals surface area contributed by atoms with Crippen LogP contribution in [0.15, 0.2) is 66.0 Å². The molecule has 10 heteroatoms. The molecular weight excluding hydrogens is 442 g/mol. The number of pyridine rings is 2. The second kappa shape index (κ2) is 8.28. The largest absolute Gasteiger partial charge is 0.494 e. The summed E-state index contributed by atoms with van der Waals surface area (Å²) < 4.78 is 35.0. The Balaban J connectivity index is 1.68. The van der Waals surface area contributed by atoms with Crippen LogP contribution in [-0.2, 0) is 15.4 Å². The highest BCUT2D eigenvalue weighted by atomic mass is 32.2. The normalized spacial score (nSPS) is 12.0. The average molecular weight is 466 g/mol. The Labute approximate surface area is 191 Å². The fraction of sp³-hybridized carbons (Fsp3) is 0.217. The van der Waals surface area contributed by atoms with E-state index in [9.17, 15) is 13.2 Å². The number of benzene rings is 1. The van der Waals surface area contributed by atoms with Crippen molar-refractivity contribution in [3.8, 4) is 11.4 Å². The second-order valence-electron chi connectivity index (χ2n) is 8.38. The molecular formula is C23H23N5O4S. The summed E-state index contributed by atoms with van der Waals surface area (Å²) >= 11 is 0. The molecule has 0 aliphatic rings. The van der Waals surface area contributed by atoms with E-state index in [0.29, 0.717) is 11.2 Å². The number of hydrogen-bond donors (Lipinski definition) is 1. The van der Waals surface area contributed by atoms with Crippen molar-refractivity contribution >= 4 is 26.8 Å². The zero-order valence-electron chi connectivity index (χ0n) is 18.6. The van der Waals surface area contributed by atoms with Crippen LogP contribution < -0.4 is 9.46 Å². The topological polar surface area (TPSA) is 116 Å². The van der Waals surface area contributed by atoms with Gasteiger partial charge in [0.25, 0.3) is 15.9 Å². The summed E-state index contributed by atoms with van der Waals surface area (Å²) in [6.07, 6.45) is 3.46. The molecule has 0 saturated heterocycles. The molecule has 0 bridgehead atoms. The van der Waals surface area contributed by atoms with Gasteiger partial charge in [0.15, 0.2) is 5.75 Å². The molecule has 1 N–H and O–H groups in total. The molecule has 0 unspecified atom stereocenters. The van der Waals surface area contributed by atoms with E-state index in [1.54, 1.807) is 47.4 Å². The van der Waals surface area contributed by atoms with Crippen LogP contribution >= 0.6 is 0 Å². The minimum Gasteiger partial charge on any atom is -0.494 e. The predicted octanol–water partition coefficient (Wildman–Crippen LogP) is 3.24. The minimum atomic E-state index is -4.32. The van der Waals surface area contributed by atoms with Gasteiger partial charge < -0.3 is 4.74 Å². The zero-order valence-corrected chi connectivity index (χ0v) is 19.4. The number of aromatic nitrogens is 4. The SMILES string of the molecule is COc1ccc(C(C)(C)C)nc1S(=O)(=O)NC(=O)c1ccc2c(-n3cccn3)cccc2n1. The Hall–Kier alpha value is -3.79. The first-order valence-electron chi connectivity index (χ1n) is 10.1. The monoisotopic (exact) mass is 465 g/mol. The van der Waals surface area contributed by atoms with E-state index in [1.165, 1.54) is 19.2 Å². The third-order valence-corrected chi connectivity index (χ3v) is 6.24. The van der Waals surface area contributed by atoms with Gasteiger partial charge in [-0.25, -0.2) is 19.4 Å². The zero-order chi connectivity index (χ0) is 23.8. The van der Waals surface area contributed by atoms with Gasteiger partial charge in [0.1, 0.15) is 5.69 Å². The first kappa shape index (κ1) is 22.4. The number of amides is 1. The van der Waals surface area contributed by atoms with Gasteiger partial charge >= 0.3 is 0 Å². The lowest BCUT2D eigenvalue weighted by Gasteiger charge is -2.19. The first-order valence-corrected chi connectivity index (χ1v) is 11.6. The van der Waals surface area contributed by atoms with Gasteiger partial charge in [0.05, 0.1) is 18.3 Å². The molecule has 0 aliphatic carbocycles. The maximum atomic E-state index is 13.0. The van der Waals surface area contributed by atoms with Crippen molar-refractivity contribution in [2.45, 2.75) is 31.2 Å². The van der Waals surface area contributed by atoms with E-state index in [1.807, 2.05) is 26.8 Å². The van der Waals surface area contributed by atoms with Crippen molar-refractivity contribution in [2.75, 3.05) is 7.11 Å². The number of fused-ring (bicyclic) bond motifs is 1. The lowest BCUT2D eigenvalue weighted by molar-refractivity contribution is 0.0977. The molecule has 4 aromatic rings. The summed E-state index contributed by atoms with van der Waals surface area (Å²) in [6, 6.07) is 13.6. The summed E-state index contributed by atoms with van der Waals surface area (Å²) in [5, 5.41) is 4.64. The van der Waals surface area contributed by atoms with Crippen molar-refractivity contribution in [1.82, 2.24) is 24.5 Å². The Morgan fingerprint density at radius 2 is 1.82 bits per heavy atom. The van der Waals surface area contributed by atoms with Crippen molar-refractivity contribution < 1.29 is 17.9 Å². The quantitative estimate of drug-likeness (QED) is 0.481. The predicted molar refractivity (Wildman–Crippen MR) is 123 cm³/mol. The van der Waals surface area contributed by atoms with Gasteiger partial charge in [-0.2, -0.15) is 13.5 Å². The van der Waals surface area contributed by atoms with Gasteiger partial charge in [0, 0.05) is 28.9 Å². The van der Waals surface area contributed by atoms with Crippen LogP contribution in [0.2, 0.25) is 0 Å². The van der Waals surface area contributed by atoms with E-state index >= 15 is 0 Å². The molecule has 1 aromatic carbocycles. The fourth-order valence-corrected chi connectivity index (χ4v) is 4.37. The smallest absolute Gasteiger partial charge is 0.285 e. The van der Waals surface area contributed by atoms with Crippen LogP contribution in [-0.4, -0.2) is 41.2 Å². The molecule has 0 spiro atoms. The number of nitrogens with zero attached hydrogens (tertiary/aromatic N) is 4. The van der Waals surface area contributed by atoms with Crippen LogP contribution in [0.25, 0.3) is 16.6 Å². The molecule has 170 valence electrons. The Morgan fingerprint density at radius 1 is 1.03 bits per heavy atom. The molecule has 9 nitrogen and oxygen atoms in total. The standard InChI is InChI=1S/C23H23N5O4S/c1-23(2,3)20-12-11-19(32-4)22(26-20)33(30,31)27-21(29)17-10-9-15-16(25-17)7-5-8-18(15)28-14-6-13-24-28/h5-14H,1-4H3,(H,27,29). The number of methoxy groups -OCH3 is 1. The third kappa shape index (κ3) is 4.42.